The van der Waals surface area contributed by atoms with Crippen LogP contribution < -0.4 is 5.32 Å². The molecule has 0 aromatic rings. The maximum Gasteiger partial charge on any atom is 0.153 e. The van der Waals surface area contributed by atoms with E-state index in [0.29, 0.717) is 12.6 Å². The predicted octanol–water partition coefficient (Wildman–Crippen LogP) is 2.51. The highest BCUT2D eigenvalue weighted by Gasteiger charge is 2.30. The first-order chi connectivity index (χ1) is 7.83. The summed E-state index contributed by atoms with van der Waals surface area (Å²) in [4.78, 5) is 0. The first kappa shape index (κ1) is 15.0. The van der Waals surface area contributed by atoms with Crippen molar-refractivity contribution >= 4 is 9.84 Å². The molecule has 0 saturated heterocycles. The average Bonchev–Trinajstić information content (AvgIpc) is 2.14. The summed E-state index contributed by atoms with van der Waals surface area (Å²) >= 11 is 0. The number of nitrogens with one attached hydrogen (secondary N) is 1. The summed E-state index contributed by atoms with van der Waals surface area (Å²) in [6.07, 6.45) is 10.3. The highest BCUT2D eigenvalue weighted by Crippen LogP contribution is 2.19. The molecule has 1 aliphatic carbocycles. The maximum atomic E-state index is 11.6. The zero-order valence-corrected chi connectivity index (χ0v) is 12.3. The van der Waals surface area contributed by atoms with Crippen molar-refractivity contribution in [2.45, 2.75) is 69.6 Å². The molecule has 4 heteroatoms. The van der Waals surface area contributed by atoms with E-state index in [2.05, 4.69) is 5.32 Å². The Morgan fingerprint density at radius 1 is 1.06 bits per heavy atom. The Hall–Kier alpha value is -0.0900. The van der Waals surface area contributed by atoms with Crippen LogP contribution in [0, 0.1) is 0 Å². The summed E-state index contributed by atoms with van der Waals surface area (Å²) in [5.41, 5.74) is 0. The summed E-state index contributed by atoms with van der Waals surface area (Å²) in [6, 6.07) is 0.510. The number of sulfone groups is 1. The van der Waals surface area contributed by atoms with E-state index in [-0.39, 0.29) is 0 Å². The van der Waals surface area contributed by atoms with Gasteiger partial charge in [-0.1, -0.05) is 32.1 Å². The van der Waals surface area contributed by atoms with E-state index in [1.54, 1.807) is 13.8 Å². The first-order valence-electron chi connectivity index (χ1n) is 6.76. The van der Waals surface area contributed by atoms with Crippen LogP contribution in [0.25, 0.3) is 0 Å². The smallest absolute Gasteiger partial charge is 0.153 e. The SMILES string of the molecule is CC(C)(CNC1CCCCCCC1)S(C)(=O)=O. The van der Waals surface area contributed by atoms with E-state index in [4.69, 9.17) is 0 Å². The molecule has 17 heavy (non-hydrogen) atoms. The fourth-order valence-electron chi connectivity index (χ4n) is 2.18. The van der Waals surface area contributed by atoms with Crippen LogP contribution in [0.15, 0.2) is 0 Å². The highest BCUT2D eigenvalue weighted by molar-refractivity contribution is 7.92. The van der Waals surface area contributed by atoms with Gasteiger partial charge in [-0.05, 0) is 26.7 Å². The van der Waals surface area contributed by atoms with Gasteiger partial charge >= 0.3 is 0 Å². The van der Waals surface area contributed by atoms with Gasteiger partial charge < -0.3 is 5.32 Å². The van der Waals surface area contributed by atoms with E-state index in [1.807, 2.05) is 0 Å². The van der Waals surface area contributed by atoms with Gasteiger partial charge in [-0.2, -0.15) is 0 Å². The molecule has 3 nitrogen and oxygen atoms in total. The van der Waals surface area contributed by atoms with Crippen LogP contribution in [0.4, 0.5) is 0 Å². The van der Waals surface area contributed by atoms with E-state index < -0.39 is 14.6 Å². The van der Waals surface area contributed by atoms with Crippen molar-refractivity contribution in [1.29, 1.82) is 0 Å². The lowest BCUT2D eigenvalue weighted by molar-refractivity contribution is 0.376. The van der Waals surface area contributed by atoms with Gasteiger partial charge in [-0.25, -0.2) is 8.42 Å². The Labute approximate surface area is 106 Å². The first-order valence-corrected chi connectivity index (χ1v) is 8.65. The molecule has 0 radical (unpaired) electrons. The fourth-order valence-corrected chi connectivity index (χ4v) is 2.53. The third-order valence-electron chi connectivity index (χ3n) is 3.93. The lowest BCUT2D eigenvalue weighted by Gasteiger charge is -2.28. The molecule has 0 heterocycles. The minimum atomic E-state index is -2.98. The molecule has 1 N–H and O–H groups in total. The molecule has 0 aromatic heterocycles. The third-order valence-corrected chi connectivity index (χ3v) is 6.08. The zero-order chi connectivity index (χ0) is 12.9. The van der Waals surface area contributed by atoms with Crippen LogP contribution in [-0.2, 0) is 9.84 Å². The van der Waals surface area contributed by atoms with Gasteiger partial charge in [0.15, 0.2) is 9.84 Å². The number of hydrogen-bond donors (Lipinski definition) is 1. The molecule has 0 aliphatic heterocycles. The summed E-state index contributed by atoms with van der Waals surface area (Å²) in [6.45, 7) is 4.17. The molecule has 1 fully saturated rings. The molecule has 0 atom stereocenters. The number of rotatable bonds is 4. The summed E-state index contributed by atoms with van der Waals surface area (Å²) < 4.78 is 22.6. The van der Waals surface area contributed by atoms with Gasteiger partial charge in [0.05, 0.1) is 4.75 Å². The Morgan fingerprint density at radius 2 is 1.53 bits per heavy atom. The molecule has 1 rings (SSSR count). The second-order valence-corrected chi connectivity index (χ2v) is 8.60. The topological polar surface area (TPSA) is 46.2 Å². The van der Waals surface area contributed by atoms with Crippen molar-refractivity contribution in [2.24, 2.45) is 0 Å². The Kier molecular flexibility index (Phi) is 5.45. The molecule has 0 bridgehead atoms. The molecule has 1 saturated carbocycles. The highest BCUT2D eigenvalue weighted by atomic mass is 32.2. The Morgan fingerprint density at radius 3 is 2.00 bits per heavy atom. The van der Waals surface area contributed by atoms with Gasteiger partial charge in [0.25, 0.3) is 0 Å². The summed E-state index contributed by atoms with van der Waals surface area (Å²) in [5, 5.41) is 3.46. The third kappa shape index (κ3) is 4.96. The summed E-state index contributed by atoms with van der Waals surface area (Å²) in [7, 11) is -2.98. The van der Waals surface area contributed by atoms with Crippen molar-refractivity contribution in [2.75, 3.05) is 12.8 Å². The zero-order valence-electron chi connectivity index (χ0n) is 11.5. The monoisotopic (exact) mass is 261 g/mol. The molecule has 102 valence electrons. The maximum absolute atomic E-state index is 11.6. The van der Waals surface area contributed by atoms with Gasteiger partial charge in [-0.15, -0.1) is 0 Å². The summed E-state index contributed by atoms with van der Waals surface area (Å²) in [5.74, 6) is 0. The van der Waals surface area contributed by atoms with Crippen LogP contribution in [0.5, 0.6) is 0 Å². The average molecular weight is 261 g/mol. The molecular weight excluding hydrogens is 234 g/mol. The van der Waals surface area contributed by atoms with Crippen LogP contribution >= 0.6 is 0 Å². The van der Waals surface area contributed by atoms with Gasteiger partial charge in [-0.3, -0.25) is 0 Å². The minimum absolute atomic E-state index is 0.510. The van der Waals surface area contributed by atoms with Gasteiger partial charge in [0.1, 0.15) is 0 Å². The van der Waals surface area contributed by atoms with Crippen molar-refractivity contribution in [3.8, 4) is 0 Å². The van der Waals surface area contributed by atoms with Crippen LogP contribution in [0.1, 0.15) is 58.8 Å². The standard InChI is InChI=1S/C13H27NO2S/c1-13(2,17(3,15)16)11-14-12-9-7-5-4-6-8-10-12/h12,14H,4-11H2,1-3H3. The molecule has 0 spiro atoms. The molecule has 1 aliphatic rings. The lowest BCUT2D eigenvalue weighted by Crippen LogP contribution is -2.45. The second-order valence-electron chi connectivity index (χ2n) is 5.95. The van der Waals surface area contributed by atoms with E-state index >= 15 is 0 Å². The molecule has 0 unspecified atom stereocenters. The Balaban J connectivity index is 2.43. The molecular formula is C13H27NO2S. The van der Waals surface area contributed by atoms with Gasteiger partial charge in [0, 0.05) is 18.8 Å². The fraction of sp³-hybridized carbons (Fsp3) is 1.00. The number of hydrogen-bond acceptors (Lipinski definition) is 3. The van der Waals surface area contributed by atoms with Crippen molar-refractivity contribution in [3.05, 3.63) is 0 Å². The van der Waals surface area contributed by atoms with E-state index in [1.165, 1.54) is 51.2 Å². The van der Waals surface area contributed by atoms with E-state index in [9.17, 15) is 8.42 Å². The quantitative estimate of drug-likeness (QED) is 0.846. The van der Waals surface area contributed by atoms with Gasteiger partial charge in [0.2, 0.25) is 0 Å². The molecule has 0 amide bonds. The van der Waals surface area contributed by atoms with E-state index in [0.717, 1.165) is 0 Å². The largest absolute Gasteiger partial charge is 0.312 e. The van der Waals surface area contributed by atoms with Crippen molar-refractivity contribution in [1.82, 2.24) is 5.32 Å². The minimum Gasteiger partial charge on any atom is -0.312 e. The van der Waals surface area contributed by atoms with Crippen LogP contribution in [-0.4, -0.2) is 32.0 Å². The Bertz CT molecular complexity index is 314. The van der Waals surface area contributed by atoms with Crippen LogP contribution in [0.2, 0.25) is 0 Å². The second kappa shape index (κ2) is 6.19. The van der Waals surface area contributed by atoms with Crippen molar-refractivity contribution in [3.63, 3.8) is 0 Å². The lowest BCUT2D eigenvalue weighted by atomic mass is 9.96. The predicted molar refractivity (Wildman–Crippen MR) is 73.0 cm³/mol. The van der Waals surface area contributed by atoms with Crippen molar-refractivity contribution < 1.29 is 8.42 Å². The normalized spacial score (nSPS) is 20.9. The van der Waals surface area contributed by atoms with Crippen LogP contribution in [0.3, 0.4) is 0 Å². The molecule has 0 aromatic carbocycles.